The van der Waals surface area contributed by atoms with Gasteiger partial charge in [0.05, 0.1) is 12.4 Å². The zero-order chi connectivity index (χ0) is 21.6. The monoisotopic (exact) mass is 423 g/mol. The molecule has 3 heterocycles. The minimum Gasteiger partial charge on any atom is -0.456 e. The molecule has 1 saturated heterocycles. The number of esters is 1. The predicted octanol–water partition coefficient (Wildman–Crippen LogP) is -2.43. The van der Waals surface area contributed by atoms with Gasteiger partial charge >= 0.3 is 5.97 Å². The number of nitrogens with two attached hydrogens (primary N) is 1. The van der Waals surface area contributed by atoms with Crippen LogP contribution in [0.5, 0.6) is 0 Å². The Kier molecular flexibility index (Phi) is 5.29. The van der Waals surface area contributed by atoms with E-state index in [1.165, 1.54) is 13.4 Å². The van der Waals surface area contributed by atoms with Crippen LogP contribution in [0.25, 0.3) is 11.2 Å². The molecule has 0 bridgehead atoms. The number of nitrogens with one attached hydrogen (secondary N) is 1. The summed E-state index contributed by atoms with van der Waals surface area (Å²) in [6.07, 6.45) is -3.17. The van der Waals surface area contributed by atoms with Gasteiger partial charge in [0.25, 0.3) is 5.56 Å². The number of carbonyl (C=O) groups is 1. The van der Waals surface area contributed by atoms with Gasteiger partial charge in [-0.1, -0.05) is 6.08 Å². The summed E-state index contributed by atoms with van der Waals surface area (Å²) in [5.74, 6) is -0.962. The second-order valence-electron chi connectivity index (χ2n) is 7.07. The molecule has 30 heavy (non-hydrogen) atoms. The first kappa shape index (κ1) is 20.4. The maximum absolute atomic E-state index is 12.5. The predicted molar refractivity (Wildman–Crippen MR) is 98.9 cm³/mol. The van der Waals surface area contributed by atoms with E-state index in [0.717, 1.165) is 0 Å². The topological polar surface area (TPSA) is 195 Å². The lowest BCUT2D eigenvalue weighted by Gasteiger charge is -2.38. The zero-order valence-corrected chi connectivity index (χ0v) is 15.8. The van der Waals surface area contributed by atoms with Crippen LogP contribution in [0.15, 0.2) is 23.3 Å². The maximum Gasteiger partial charge on any atom is 0.338 e. The number of nitrogens with zero attached hydrogens (tertiary/aromatic N) is 3. The van der Waals surface area contributed by atoms with Crippen molar-refractivity contribution in [3.63, 3.8) is 0 Å². The minimum atomic E-state index is -1.68. The Hall–Kier alpha value is -2.84. The lowest BCUT2D eigenvalue weighted by atomic mass is 9.99. The number of ether oxygens (including phenoxy) is 3. The van der Waals surface area contributed by atoms with Crippen molar-refractivity contribution in [2.75, 3.05) is 12.8 Å². The van der Waals surface area contributed by atoms with Crippen LogP contribution < -0.4 is 11.3 Å². The summed E-state index contributed by atoms with van der Waals surface area (Å²) in [5.41, 5.74) is 5.57. The lowest BCUT2D eigenvalue weighted by molar-refractivity contribution is -0.289. The van der Waals surface area contributed by atoms with Gasteiger partial charge in [-0.2, -0.15) is 4.98 Å². The van der Waals surface area contributed by atoms with E-state index < -0.39 is 48.3 Å². The van der Waals surface area contributed by atoms with E-state index in [9.17, 15) is 24.9 Å². The Morgan fingerprint density at radius 3 is 2.80 bits per heavy atom. The van der Waals surface area contributed by atoms with Crippen molar-refractivity contribution in [1.29, 1.82) is 0 Å². The summed E-state index contributed by atoms with van der Waals surface area (Å²) < 4.78 is 17.1. The molecule has 6 N–H and O–H groups in total. The third-order valence-electron chi connectivity index (χ3n) is 5.13. The number of fused-ring (bicyclic) bond motifs is 1. The standard InChI is InChI=1S/C17H21N5O8/c1-28-16-11(25)9(23)10(24)12(30-16)15(27)29-7-3-2-6(4-7)22-5-19-8-13(22)20-17(18)21-14(8)26/h2-3,5-7,9-12,16,23-25H,4H2,1H3,(H3,18,20,21,26)/t6-,7+,9+,10+,11-,12+,16+/m1/s1. The highest BCUT2D eigenvalue weighted by Gasteiger charge is 2.48. The van der Waals surface area contributed by atoms with Gasteiger partial charge in [-0.05, 0) is 6.08 Å². The molecule has 2 aromatic heterocycles. The number of anilines is 1. The fraction of sp³-hybridized carbons (Fsp3) is 0.529. The molecule has 0 amide bonds. The third kappa shape index (κ3) is 3.46. The quantitative estimate of drug-likeness (QED) is 0.259. The Morgan fingerprint density at radius 1 is 1.30 bits per heavy atom. The summed E-state index contributed by atoms with van der Waals surface area (Å²) in [7, 11) is 1.23. The van der Waals surface area contributed by atoms with E-state index in [4.69, 9.17) is 19.9 Å². The van der Waals surface area contributed by atoms with Gasteiger partial charge in [0.15, 0.2) is 23.6 Å². The normalized spacial score (nSPS) is 33.8. The van der Waals surface area contributed by atoms with Crippen molar-refractivity contribution in [2.24, 2.45) is 0 Å². The third-order valence-corrected chi connectivity index (χ3v) is 5.13. The van der Waals surface area contributed by atoms with Crippen molar-refractivity contribution in [2.45, 2.75) is 49.3 Å². The number of hydrogen-bond donors (Lipinski definition) is 5. The van der Waals surface area contributed by atoms with Gasteiger partial charge < -0.3 is 39.8 Å². The summed E-state index contributed by atoms with van der Waals surface area (Å²) in [6.45, 7) is 0. The van der Waals surface area contributed by atoms with Gasteiger partial charge in [0.1, 0.15) is 24.4 Å². The average molecular weight is 423 g/mol. The number of aliphatic hydroxyl groups excluding tert-OH is 3. The number of aromatic amines is 1. The molecule has 7 atom stereocenters. The zero-order valence-electron chi connectivity index (χ0n) is 15.8. The van der Waals surface area contributed by atoms with Gasteiger partial charge in [-0.15, -0.1) is 0 Å². The first-order valence-corrected chi connectivity index (χ1v) is 9.13. The van der Waals surface area contributed by atoms with Crippen LogP contribution in [-0.4, -0.2) is 84.7 Å². The molecule has 0 radical (unpaired) electrons. The first-order chi connectivity index (χ1) is 14.3. The molecule has 1 aliphatic heterocycles. The second-order valence-corrected chi connectivity index (χ2v) is 7.07. The molecular weight excluding hydrogens is 402 g/mol. The van der Waals surface area contributed by atoms with Crippen molar-refractivity contribution >= 4 is 23.1 Å². The highest BCUT2D eigenvalue weighted by Crippen LogP contribution is 2.29. The first-order valence-electron chi connectivity index (χ1n) is 9.13. The fourth-order valence-corrected chi connectivity index (χ4v) is 3.58. The van der Waals surface area contributed by atoms with E-state index in [1.807, 2.05) is 0 Å². The largest absolute Gasteiger partial charge is 0.456 e. The Morgan fingerprint density at radius 2 is 2.07 bits per heavy atom. The highest BCUT2D eigenvalue weighted by atomic mass is 16.7. The molecule has 1 fully saturated rings. The van der Waals surface area contributed by atoms with Gasteiger partial charge in [0.2, 0.25) is 5.95 Å². The average Bonchev–Trinajstić information content (AvgIpc) is 3.33. The number of H-pyrrole nitrogens is 1. The van der Waals surface area contributed by atoms with E-state index >= 15 is 0 Å². The summed E-state index contributed by atoms with van der Waals surface area (Å²) >= 11 is 0. The molecule has 4 rings (SSSR count). The van der Waals surface area contributed by atoms with Crippen LogP contribution in [0, 0.1) is 0 Å². The van der Waals surface area contributed by atoms with Crippen molar-refractivity contribution in [3.05, 3.63) is 28.8 Å². The van der Waals surface area contributed by atoms with Crippen molar-refractivity contribution in [1.82, 2.24) is 19.5 Å². The highest BCUT2D eigenvalue weighted by molar-refractivity contribution is 5.76. The number of aliphatic hydroxyl groups is 3. The number of nitrogen functional groups attached to an aromatic ring is 1. The number of hydrogen-bond acceptors (Lipinski definition) is 11. The molecule has 0 spiro atoms. The molecule has 2 aliphatic rings. The van der Waals surface area contributed by atoms with Crippen LogP contribution in [0.1, 0.15) is 12.5 Å². The number of allylic oxidation sites excluding steroid dienone is 1. The van der Waals surface area contributed by atoms with E-state index in [1.54, 1.807) is 16.7 Å². The Balaban J connectivity index is 1.45. The maximum atomic E-state index is 12.5. The molecule has 13 nitrogen and oxygen atoms in total. The summed E-state index contributed by atoms with van der Waals surface area (Å²) in [5, 5.41) is 29.8. The molecule has 162 valence electrons. The van der Waals surface area contributed by atoms with Crippen LogP contribution in [0.4, 0.5) is 5.95 Å². The fourth-order valence-electron chi connectivity index (χ4n) is 3.58. The molecular formula is C17H21N5O8. The van der Waals surface area contributed by atoms with Crippen LogP contribution in [0.2, 0.25) is 0 Å². The Bertz CT molecular complexity index is 1030. The number of carbonyl (C=O) groups excluding carboxylic acids is 1. The van der Waals surface area contributed by atoms with E-state index in [2.05, 4.69) is 15.0 Å². The van der Waals surface area contributed by atoms with Gasteiger partial charge in [-0.25, -0.2) is 9.78 Å². The number of rotatable bonds is 4. The smallest absolute Gasteiger partial charge is 0.338 e. The molecule has 0 aromatic carbocycles. The molecule has 0 saturated carbocycles. The van der Waals surface area contributed by atoms with E-state index in [-0.39, 0.29) is 17.5 Å². The van der Waals surface area contributed by atoms with Crippen LogP contribution in [-0.2, 0) is 19.0 Å². The summed E-state index contributed by atoms with van der Waals surface area (Å²) in [4.78, 5) is 34.9. The minimum absolute atomic E-state index is 0.0453. The number of methoxy groups -OCH3 is 1. The van der Waals surface area contributed by atoms with Crippen LogP contribution in [0.3, 0.4) is 0 Å². The Labute approximate surface area is 168 Å². The summed E-state index contributed by atoms with van der Waals surface area (Å²) in [6, 6.07) is -0.308. The molecule has 2 aromatic rings. The van der Waals surface area contributed by atoms with Gasteiger partial charge in [0, 0.05) is 13.5 Å². The number of aromatic nitrogens is 4. The van der Waals surface area contributed by atoms with Crippen molar-refractivity contribution in [3.8, 4) is 0 Å². The van der Waals surface area contributed by atoms with Crippen LogP contribution >= 0.6 is 0 Å². The second kappa shape index (κ2) is 7.77. The van der Waals surface area contributed by atoms with E-state index in [0.29, 0.717) is 12.1 Å². The lowest BCUT2D eigenvalue weighted by Crippen LogP contribution is -2.60. The SMILES string of the molecule is CO[C@H]1O[C@H](C(=O)O[C@H]2C=C[C@@H](n3cnc4c(=O)[nH]c(N)nc43)C2)[C@@H](O)[C@H](O)[C@H]1O. The van der Waals surface area contributed by atoms with Crippen molar-refractivity contribution < 1.29 is 34.3 Å². The molecule has 0 unspecified atom stereocenters. The number of imidazole rings is 1. The van der Waals surface area contributed by atoms with Gasteiger partial charge in [-0.3, -0.25) is 9.78 Å². The molecule has 1 aliphatic carbocycles. The molecule has 13 heteroatoms.